The largest absolute Gasteiger partial charge is 0.453 e. The number of aryl methyl sites for hydroxylation is 1. The Morgan fingerprint density at radius 1 is 0.741 bits per heavy atom. The van der Waals surface area contributed by atoms with Gasteiger partial charge in [0.15, 0.2) is 23.6 Å². The Morgan fingerprint density at radius 3 is 1.59 bits per heavy atom. The molecule has 3 rings (SSSR count). The van der Waals surface area contributed by atoms with Crippen molar-refractivity contribution >= 4 is 0 Å². The van der Waals surface area contributed by atoms with Crippen molar-refractivity contribution in [3.05, 3.63) is 90.2 Å². The average Bonchev–Trinajstić information content (AvgIpc) is 2.61. The molecule has 0 atom stereocenters. The van der Waals surface area contributed by atoms with E-state index in [9.17, 15) is 17.6 Å². The Morgan fingerprint density at radius 2 is 1.15 bits per heavy atom. The molecule has 3 aromatic rings. The van der Waals surface area contributed by atoms with E-state index in [4.69, 9.17) is 0 Å². The topological polar surface area (TPSA) is 9.23 Å². The van der Waals surface area contributed by atoms with Crippen LogP contribution in [-0.4, -0.2) is 0 Å². The summed E-state index contributed by atoms with van der Waals surface area (Å²) in [6.45, 7) is 2.00. The minimum Gasteiger partial charge on any atom is -0.453 e. The van der Waals surface area contributed by atoms with E-state index in [1.165, 1.54) is 0 Å². The van der Waals surface area contributed by atoms with Crippen LogP contribution in [0, 0.1) is 18.6 Å². The van der Waals surface area contributed by atoms with Crippen LogP contribution in [0.4, 0.5) is 17.6 Å². The van der Waals surface area contributed by atoms with Gasteiger partial charge in [0.25, 0.3) is 0 Å². The van der Waals surface area contributed by atoms with E-state index < -0.39 is 23.5 Å². The fourth-order valence-electron chi connectivity index (χ4n) is 2.54. The first-order valence-electron chi connectivity index (χ1n) is 7.78. The second-order valence-electron chi connectivity index (χ2n) is 5.74. The van der Waals surface area contributed by atoms with E-state index in [0.717, 1.165) is 28.8 Å². The molecule has 0 heterocycles. The summed E-state index contributed by atoms with van der Waals surface area (Å²) in [5, 5.41) is 0. The lowest BCUT2D eigenvalue weighted by Crippen LogP contribution is -1.94. The third-order valence-corrected chi connectivity index (χ3v) is 3.87. The molecule has 5 heteroatoms. The van der Waals surface area contributed by atoms with Gasteiger partial charge in [-0.2, -0.15) is 8.78 Å². The maximum absolute atomic E-state index is 14.0. The zero-order chi connectivity index (χ0) is 18.7. The van der Waals surface area contributed by atoms with Crippen LogP contribution < -0.4 is 4.74 Å². The van der Waals surface area contributed by atoms with Gasteiger partial charge in [-0.05, 0) is 41.3 Å². The standard InChI is InChI=1S/C21H14F4O.CH4/c1-13-2-4-14(5-3-13)15-6-8-16(9-7-15)17-10-18(22)21(19(23)11-17)26-12-20(24)25;/h2-12H,1H3;1H4. The summed E-state index contributed by atoms with van der Waals surface area (Å²) in [5.74, 6) is -2.97. The van der Waals surface area contributed by atoms with Crippen molar-refractivity contribution < 1.29 is 22.3 Å². The molecule has 0 aliphatic rings. The lowest BCUT2D eigenvalue weighted by molar-refractivity contribution is 0.344. The number of rotatable bonds is 4. The first kappa shape index (κ1) is 20.2. The molecular weight excluding hydrogens is 356 g/mol. The highest BCUT2D eigenvalue weighted by Crippen LogP contribution is 2.31. The van der Waals surface area contributed by atoms with Crippen molar-refractivity contribution in [1.29, 1.82) is 0 Å². The fraction of sp³-hybridized carbons (Fsp3) is 0.0909. The molecule has 1 nitrogen and oxygen atoms in total. The molecule has 0 N–H and O–H groups in total. The molecule has 27 heavy (non-hydrogen) atoms. The zero-order valence-corrected chi connectivity index (χ0v) is 13.8. The van der Waals surface area contributed by atoms with Gasteiger partial charge in [0.05, 0.1) is 0 Å². The number of ether oxygens (including phenoxy) is 1. The molecule has 3 aromatic carbocycles. The third-order valence-electron chi connectivity index (χ3n) is 3.87. The van der Waals surface area contributed by atoms with Crippen LogP contribution in [0.25, 0.3) is 22.3 Å². The van der Waals surface area contributed by atoms with Gasteiger partial charge in [0.2, 0.25) is 0 Å². The van der Waals surface area contributed by atoms with Crippen molar-refractivity contribution in [2.75, 3.05) is 0 Å². The highest BCUT2D eigenvalue weighted by molar-refractivity contribution is 5.71. The fourth-order valence-corrected chi connectivity index (χ4v) is 2.54. The van der Waals surface area contributed by atoms with Gasteiger partial charge in [-0.1, -0.05) is 61.5 Å². The molecule has 0 unspecified atom stereocenters. The predicted molar refractivity (Wildman–Crippen MR) is 99.6 cm³/mol. The molecule has 0 aliphatic carbocycles. The van der Waals surface area contributed by atoms with E-state index in [1.54, 1.807) is 12.1 Å². The summed E-state index contributed by atoms with van der Waals surface area (Å²) in [6, 6.07) is 17.3. The second-order valence-corrected chi connectivity index (χ2v) is 5.74. The zero-order valence-electron chi connectivity index (χ0n) is 13.8. The second kappa shape index (κ2) is 8.54. The molecule has 0 bridgehead atoms. The van der Waals surface area contributed by atoms with Crippen LogP contribution in [0.1, 0.15) is 13.0 Å². The Bertz CT molecular complexity index is 918. The van der Waals surface area contributed by atoms with Crippen molar-refractivity contribution in [1.82, 2.24) is 0 Å². The normalized spacial score (nSPS) is 10.1. The van der Waals surface area contributed by atoms with Gasteiger partial charge in [0, 0.05) is 0 Å². The van der Waals surface area contributed by atoms with Crippen LogP contribution in [0.3, 0.4) is 0 Å². The SMILES string of the molecule is C.Cc1ccc(-c2ccc(-c3cc(F)c(OC=C(F)F)c(F)c3)cc2)cc1. The summed E-state index contributed by atoms with van der Waals surface area (Å²) in [4.78, 5) is 0. The lowest BCUT2D eigenvalue weighted by Gasteiger charge is -2.08. The molecule has 0 saturated heterocycles. The van der Waals surface area contributed by atoms with Crippen molar-refractivity contribution in [2.45, 2.75) is 14.4 Å². The maximum atomic E-state index is 14.0. The van der Waals surface area contributed by atoms with E-state index in [1.807, 2.05) is 43.3 Å². The molecule has 0 fully saturated rings. The molecule has 0 aromatic heterocycles. The quantitative estimate of drug-likeness (QED) is 0.342. The number of benzene rings is 3. The molecule has 0 radical (unpaired) electrons. The van der Waals surface area contributed by atoms with Crippen LogP contribution in [0.2, 0.25) is 0 Å². The van der Waals surface area contributed by atoms with Gasteiger partial charge in [-0.3, -0.25) is 0 Å². The van der Waals surface area contributed by atoms with Crippen molar-refractivity contribution in [2.24, 2.45) is 0 Å². The van der Waals surface area contributed by atoms with Crippen LogP contribution >= 0.6 is 0 Å². The number of hydrogen-bond donors (Lipinski definition) is 0. The highest BCUT2D eigenvalue weighted by Gasteiger charge is 2.14. The smallest absolute Gasteiger partial charge is 0.305 e. The molecule has 0 aliphatic heterocycles. The summed E-state index contributed by atoms with van der Waals surface area (Å²) < 4.78 is 56.4. The molecule has 0 spiro atoms. The summed E-state index contributed by atoms with van der Waals surface area (Å²) in [7, 11) is 0. The lowest BCUT2D eigenvalue weighted by atomic mass is 9.99. The van der Waals surface area contributed by atoms with E-state index in [0.29, 0.717) is 5.56 Å². The first-order chi connectivity index (χ1) is 12.4. The van der Waals surface area contributed by atoms with Gasteiger partial charge >= 0.3 is 6.08 Å². The minimum absolute atomic E-state index is 0. The Balaban J connectivity index is 0.00000261. The summed E-state index contributed by atoms with van der Waals surface area (Å²) in [5.41, 5.74) is 4.03. The predicted octanol–water partition coefficient (Wildman–Crippen LogP) is 7.36. The van der Waals surface area contributed by atoms with Gasteiger partial charge in [0.1, 0.15) is 0 Å². The van der Waals surface area contributed by atoms with Gasteiger partial charge in [-0.15, -0.1) is 0 Å². The highest BCUT2D eigenvalue weighted by atomic mass is 19.3. The van der Waals surface area contributed by atoms with Crippen molar-refractivity contribution in [3.8, 4) is 28.0 Å². The molecular formula is C22H18F4O. The van der Waals surface area contributed by atoms with E-state index in [-0.39, 0.29) is 19.3 Å². The average molecular weight is 374 g/mol. The Labute approximate surface area is 155 Å². The Kier molecular flexibility index (Phi) is 6.40. The van der Waals surface area contributed by atoms with Crippen LogP contribution in [0.5, 0.6) is 5.75 Å². The molecule has 0 saturated carbocycles. The third kappa shape index (κ3) is 4.76. The summed E-state index contributed by atoms with van der Waals surface area (Å²) in [6.07, 6.45) is -2.18. The van der Waals surface area contributed by atoms with Crippen LogP contribution in [0.15, 0.2) is 73.0 Å². The first-order valence-corrected chi connectivity index (χ1v) is 7.78. The van der Waals surface area contributed by atoms with Crippen molar-refractivity contribution in [3.63, 3.8) is 0 Å². The maximum Gasteiger partial charge on any atom is 0.305 e. The van der Waals surface area contributed by atoms with E-state index >= 15 is 0 Å². The van der Waals surface area contributed by atoms with Gasteiger partial charge in [-0.25, -0.2) is 8.78 Å². The van der Waals surface area contributed by atoms with Crippen LogP contribution in [-0.2, 0) is 0 Å². The monoisotopic (exact) mass is 374 g/mol. The number of hydrogen-bond acceptors (Lipinski definition) is 1. The van der Waals surface area contributed by atoms with E-state index in [2.05, 4.69) is 4.74 Å². The minimum atomic E-state index is -2.18. The number of halogens is 4. The Hall–Kier alpha value is -3.08. The summed E-state index contributed by atoms with van der Waals surface area (Å²) >= 11 is 0. The molecule has 0 amide bonds. The molecule has 140 valence electrons. The van der Waals surface area contributed by atoms with Gasteiger partial charge < -0.3 is 4.74 Å².